The molecule has 2 aromatic heterocycles. The first-order chi connectivity index (χ1) is 13.6. The van der Waals surface area contributed by atoms with Crippen molar-refractivity contribution in [2.75, 3.05) is 11.1 Å². The summed E-state index contributed by atoms with van der Waals surface area (Å²) in [7, 11) is 0. The van der Waals surface area contributed by atoms with Crippen LogP contribution in [0.25, 0.3) is 0 Å². The Morgan fingerprint density at radius 2 is 1.93 bits per heavy atom. The summed E-state index contributed by atoms with van der Waals surface area (Å²) >= 11 is 0. The molecule has 1 aliphatic rings. The van der Waals surface area contributed by atoms with Crippen LogP contribution in [0.4, 0.5) is 17.6 Å². The fourth-order valence-corrected chi connectivity index (χ4v) is 3.37. The van der Waals surface area contributed by atoms with Gasteiger partial charge in [0.25, 0.3) is 0 Å². The first-order valence-corrected chi connectivity index (χ1v) is 8.82. The molecule has 8 heteroatoms. The van der Waals surface area contributed by atoms with Crippen LogP contribution in [0.3, 0.4) is 0 Å². The molecule has 1 aliphatic carbocycles. The Kier molecular flexibility index (Phi) is 4.64. The number of benzene rings is 1. The minimum atomic E-state index is -1.10. The van der Waals surface area contributed by atoms with Crippen LogP contribution in [-0.2, 0) is 17.6 Å². The molecule has 28 heavy (non-hydrogen) atoms. The van der Waals surface area contributed by atoms with Crippen LogP contribution in [-0.4, -0.2) is 25.7 Å². The maximum absolute atomic E-state index is 13.0. The number of ketones is 1. The molecule has 4 rings (SSSR count). The van der Waals surface area contributed by atoms with E-state index in [0.717, 1.165) is 16.8 Å². The molecule has 3 aromatic rings. The lowest BCUT2D eigenvalue weighted by atomic mass is 9.91. The molecule has 1 aromatic carbocycles. The maximum Gasteiger partial charge on any atom is 0.232 e. The van der Waals surface area contributed by atoms with E-state index in [9.17, 15) is 10.1 Å². The van der Waals surface area contributed by atoms with E-state index in [1.54, 1.807) is 12.4 Å². The fraction of sp³-hybridized carbons (Fsp3) is 0.200. The lowest BCUT2D eigenvalue weighted by Gasteiger charge is -2.13. The monoisotopic (exact) mass is 371 g/mol. The zero-order valence-electron chi connectivity index (χ0n) is 14.9. The smallest absolute Gasteiger partial charge is 0.232 e. The third-order valence-electron chi connectivity index (χ3n) is 4.71. The van der Waals surface area contributed by atoms with Crippen LogP contribution in [0, 0.1) is 17.2 Å². The second-order valence-corrected chi connectivity index (χ2v) is 6.58. The third kappa shape index (κ3) is 3.50. The number of para-hydroxylation sites is 1. The molecule has 3 N–H and O–H groups in total. The van der Waals surface area contributed by atoms with Crippen molar-refractivity contribution in [2.24, 2.45) is 5.92 Å². The van der Waals surface area contributed by atoms with Crippen LogP contribution >= 0.6 is 0 Å². The van der Waals surface area contributed by atoms with Crippen molar-refractivity contribution in [3.05, 3.63) is 65.7 Å². The molecule has 138 valence electrons. The van der Waals surface area contributed by atoms with Gasteiger partial charge in [-0.2, -0.15) is 20.2 Å². The van der Waals surface area contributed by atoms with E-state index >= 15 is 0 Å². The van der Waals surface area contributed by atoms with E-state index < -0.39 is 5.92 Å². The van der Waals surface area contributed by atoms with Gasteiger partial charge in [0.1, 0.15) is 0 Å². The van der Waals surface area contributed by atoms with Crippen molar-refractivity contribution in [1.29, 1.82) is 5.26 Å². The minimum Gasteiger partial charge on any atom is -0.368 e. The summed E-state index contributed by atoms with van der Waals surface area (Å²) in [5.74, 6) is -1.40. The Balaban J connectivity index is 1.58. The zero-order valence-corrected chi connectivity index (χ0v) is 14.9. The van der Waals surface area contributed by atoms with Crippen molar-refractivity contribution in [3.8, 4) is 6.07 Å². The van der Waals surface area contributed by atoms with Gasteiger partial charge >= 0.3 is 0 Å². The number of carbonyl (C=O) groups excluding carboxylic acids is 1. The minimum absolute atomic E-state index is 0.0459. The first kappa shape index (κ1) is 17.5. The second kappa shape index (κ2) is 7.40. The molecule has 2 atom stereocenters. The van der Waals surface area contributed by atoms with Crippen molar-refractivity contribution < 1.29 is 4.79 Å². The molecule has 0 radical (unpaired) electrons. The highest BCUT2D eigenvalue weighted by Gasteiger charge is 2.35. The topological polar surface area (TPSA) is 130 Å². The number of pyridine rings is 1. The molecule has 2 heterocycles. The number of carbonyl (C=O) groups is 1. The van der Waals surface area contributed by atoms with Gasteiger partial charge < -0.3 is 11.1 Å². The highest BCUT2D eigenvalue weighted by atomic mass is 16.1. The largest absolute Gasteiger partial charge is 0.368 e. The van der Waals surface area contributed by atoms with Crippen LogP contribution in [0.2, 0.25) is 0 Å². The Labute approximate surface area is 161 Å². The Hall–Kier alpha value is -3.86. The van der Waals surface area contributed by atoms with E-state index in [4.69, 9.17) is 5.73 Å². The molecule has 0 saturated heterocycles. The third-order valence-corrected chi connectivity index (χ3v) is 4.71. The van der Waals surface area contributed by atoms with E-state index in [1.165, 1.54) is 0 Å². The second-order valence-electron chi connectivity index (χ2n) is 6.58. The van der Waals surface area contributed by atoms with E-state index in [2.05, 4.69) is 25.3 Å². The van der Waals surface area contributed by atoms with Gasteiger partial charge in [0, 0.05) is 24.0 Å². The molecular formula is C20H17N7O. The van der Waals surface area contributed by atoms with Gasteiger partial charge in [-0.05, 0) is 42.2 Å². The predicted molar refractivity (Wildman–Crippen MR) is 102 cm³/mol. The van der Waals surface area contributed by atoms with Crippen LogP contribution in [0.15, 0.2) is 48.8 Å². The van der Waals surface area contributed by atoms with Crippen molar-refractivity contribution in [2.45, 2.75) is 18.8 Å². The van der Waals surface area contributed by atoms with Gasteiger partial charge in [0.15, 0.2) is 17.5 Å². The van der Waals surface area contributed by atoms with Gasteiger partial charge in [-0.1, -0.05) is 18.2 Å². The van der Waals surface area contributed by atoms with Gasteiger partial charge in [-0.25, -0.2) is 0 Å². The average molecular weight is 371 g/mol. The molecule has 0 spiro atoms. The SMILES string of the molecule is N#CC(C(=O)C1Cc2ccncc2C1)c1nc(N)nc(Nc2ccccc2)n1. The van der Waals surface area contributed by atoms with E-state index in [1.807, 2.05) is 42.5 Å². The van der Waals surface area contributed by atoms with E-state index in [0.29, 0.717) is 12.8 Å². The lowest BCUT2D eigenvalue weighted by Crippen LogP contribution is -2.24. The molecule has 0 bridgehead atoms. The maximum atomic E-state index is 13.0. The van der Waals surface area contributed by atoms with Crippen LogP contribution in [0.5, 0.6) is 0 Å². The molecule has 2 unspecified atom stereocenters. The standard InChI is InChI=1S/C20H17N7O/c21-10-16(17(28)13-8-12-6-7-23-11-14(12)9-13)18-25-19(22)27-20(26-18)24-15-4-2-1-3-5-15/h1-7,11,13,16H,8-9H2,(H3,22,24,25,26,27). The number of Topliss-reactive ketones (excluding diaryl/α,β-unsaturated/α-hetero) is 1. The molecule has 0 aliphatic heterocycles. The van der Waals surface area contributed by atoms with Crippen molar-refractivity contribution >= 4 is 23.4 Å². The molecule has 8 nitrogen and oxygen atoms in total. The van der Waals surface area contributed by atoms with Crippen molar-refractivity contribution in [1.82, 2.24) is 19.9 Å². The number of hydrogen-bond donors (Lipinski definition) is 2. The number of aromatic nitrogens is 4. The van der Waals surface area contributed by atoms with Gasteiger partial charge in [0.2, 0.25) is 11.9 Å². The van der Waals surface area contributed by atoms with Crippen LogP contribution in [0.1, 0.15) is 22.9 Å². The summed E-state index contributed by atoms with van der Waals surface area (Å²) in [5, 5.41) is 12.7. The van der Waals surface area contributed by atoms with E-state index in [-0.39, 0.29) is 29.4 Å². The van der Waals surface area contributed by atoms with Gasteiger partial charge in [-0.15, -0.1) is 0 Å². The Bertz CT molecular complexity index is 1040. The summed E-state index contributed by atoms with van der Waals surface area (Å²) in [5.41, 5.74) is 8.69. The first-order valence-electron chi connectivity index (χ1n) is 8.82. The summed E-state index contributed by atoms with van der Waals surface area (Å²) in [4.78, 5) is 29.5. The number of nitrogen functional groups attached to an aromatic ring is 1. The summed E-state index contributed by atoms with van der Waals surface area (Å²) < 4.78 is 0. The number of fused-ring (bicyclic) bond motifs is 1. The summed E-state index contributed by atoms with van der Waals surface area (Å²) in [6.45, 7) is 0. The molecular weight excluding hydrogens is 354 g/mol. The molecule has 0 fully saturated rings. The quantitative estimate of drug-likeness (QED) is 0.698. The van der Waals surface area contributed by atoms with Crippen LogP contribution < -0.4 is 11.1 Å². The highest BCUT2D eigenvalue weighted by molar-refractivity contribution is 5.90. The number of nitrogens with one attached hydrogen (secondary N) is 1. The number of nitrogens with two attached hydrogens (primary N) is 1. The molecule has 0 saturated carbocycles. The number of nitriles is 1. The Morgan fingerprint density at radius 1 is 1.14 bits per heavy atom. The summed E-state index contributed by atoms with van der Waals surface area (Å²) in [6.07, 6.45) is 4.63. The number of anilines is 3. The lowest BCUT2D eigenvalue weighted by molar-refractivity contribution is -0.123. The summed E-state index contributed by atoms with van der Waals surface area (Å²) in [6, 6.07) is 13.2. The molecule has 0 amide bonds. The Morgan fingerprint density at radius 3 is 2.68 bits per heavy atom. The highest BCUT2D eigenvalue weighted by Crippen LogP contribution is 2.30. The fourth-order valence-electron chi connectivity index (χ4n) is 3.37. The normalized spacial score (nSPS) is 16.0. The van der Waals surface area contributed by atoms with Crippen molar-refractivity contribution in [3.63, 3.8) is 0 Å². The average Bonchev–Trinajstić information content (AvgIpc) is 3.13. The number of nitrogens with zero attached hydrogens (tertiary/aromatic N) is 5. The van der Waals surface area contributed by atoms with Gasteiger partial charge in [-0.3, -0.25) is 9.78 Å². The zero-order chi connectivity index (χ0) is 19.5. The number of hydrogen-bond acceptors (Lipinski definition) is 8. The number of rotatable bonds is 5. The van der Waals surface area contributed by atoms with Gasteiger partial charge in [0.05, 0.1) is 6.07 Å². The predicted octanol–water partition coefficient (Wildman–Crippen LogP) is 2.18.